The fourth-order valence-electron chi connectivity index (χ4n) is 1.75. The summed E-state index contributed by atoms with van der Waals surface area (Å²) >= 11 is 0. The molecule has 1 N–H and O–H groups in total. The van der Waals surface area contributed by atoms with Gasteiger partial charge in [0.2, 0.25) is 0 Å². The van der Waals surface area contributed by atoms with Crippen molar-refractivity contribution in [3.8, 4) is 5.75 Å². The molecule has 1 heterocycles. The molecule has 0 atom stereocenters. The van der Waals surface area contributed by atoms with E-state index in [1.807, 2.05) is 12.1 Å². The molecule has 0 aliphatic carbocycles. The molecular formula is C14H15NO5. The van der Waals surface area contributed by atoms with Crippen LogP contribution in [0.1, 0.15) is 5.56 Å². The van der Waals surface area contributed by atoms with Crippen molar-refractivity contribution in [3.05, 3.63) is 35.9 Å². The van der Waals surface area contributed by atoms with Gasteiger partial charge in [-0.15, -0.1) is 0 Å². The summed E-state index contributed by atoms with van der Waals surface area (Å²) in [5, 5.41) is 8.70. The lowest BCUT2D eigenvalue weighted by molar-refractivity contribution is -0.134. The van der Waals surface area contributed by atoms with Gasteiger partial charge in [0, 0.05) is 6.08 Å². The first-order chi connectivity index (χ1) is 9.58. The number of esters is 1. The van der Waals surface area contributed by atoms with Gasteiger partial charge in [-0.3, -0.25) is 0 Å². The SMILES string of the molecule is COC(=O)/C=C/c1ccc(OC2CN(C(=O)O)C2)cc1. The Morgan fingerprint density at radius 1 is 1.30 bits per heavy atom. The van der Waals surface area contributed by atoms with Crippen molar-refractivity contribution < 1.29 is 24.2 Å². The predicted molar refractivity (Wildman–Crippen MR) is 71.5 cm³/mol. The van der Waals surface area contributed by atoms with E-state index in [0.29, 0.717) is 18.8 Å². The van der Waals surface area contributed by atoms with E-state index < -0.39 is 12.1 Å². The minimum absolute atomic E-state index is 0.0949. The van der Waals surface area contributed by atoms with E-state index in [1.54, 1.807) is 18.2 Å². The average Bonchev–Trinajstić information content (AvgIpc) is 2.40. The molecule has 1 aromatic carbocycles. The Kier molecular flexibility index (Phi) is 4.24. The fraction of sp³-hybridized carbons (Fsp3) is 0.286. The van der Waals surface area contributed by atoms with Crippen LogP contribution in [0.2, 0.25) is 0 Å². The number of carboxylic acid groups (broad SMARTS) is 1. The van der Waals surface area contributed by atoms with E-state index in [4.69, 9.17) is 9.84 Å². The van der Waals surface area contributed by atoms with Crippen molar-refractivity contribution in [2.45, 2.75) is 6.10 Å². The molecule has 1 aromatic rings. The summed E-state index contributed by atoms with van der Waals surface area (Å²) in [5.74, 6) is 0.267. The van der Waals surface area contributed by atoms with E-state index in [1.165, 1.54) is 18.1 Å². The summed E-state index contributed by atoms with van der Waals surface area (Å²) in [7, 11) is 1.32. The lowest BCUT2D eigenvalue weighted by Crippen LogP contribution is -2.55. The molecule has 20 heavy (non-hydrogen) atoms. The lowest BCUT2D eigenvalue weighted by atomic mass is 10.1. The summed E-state index contributed by atoms with van der Waals surface area (Å²) < 4.78 is 10.1. The predicted octanol–water partition coefficient (Wildman–Crippen LogP) is 1.61. The van der Waals surface area contributed by atoms with E-state index in [9.17, 15) is 9.59 Å². The topological polar surface area (TPSA) is 76.1 Å². The van der Waals surface area contributed by atoms with Gasteiger partial charge >= 0.3 is 12.1 Å². The second-order valence-electron chi connectivity index (χ2n) is 4.35. The zero-order valence-electron chi connectivity index (χ0n) is 11.0. The van der Waals surface area contributed by atoms with Crippen LogP contribution < -0.4 is 4.74 Å². The van der Waals surface area contributed by atoms with Gasteiger partial charge in [-0.2, -0.15) is 0 Å². The Hall–Kier alpha value is -2.50. The van der Waals surface area contributed by atoms with Crippen molar-refractivity contribution >= 4 is 18.1 Å². The number of ether oxygens (including phenoxy) is 2. The van der Waals surface area contributed by atoms with E-state index in [-0.39, 0.29) is 6.10 Å². The molecule has 1 aliphatic heterocycles. The second-order valence-corrected chi connectivity index (χ2v) is 4.35. The van der Waals surface area contributed by atoms with Gasteiger partial charge in [0.05, 0.1) is 20.2 Å². The molecule has 0 unspecified atom stereocenters. The number of methoxy groups -OCH3 is 1. The minimum atomic E-state index is -0.923. The smallest absolute Gasteiger partial charge is 0.407 e. The van der Waals surface area contributed by atoms with Gasteiger partial charge in [0.15, 0.2) is 0 Å². The number of hydrogen-bond acceptors (Lipinski definition) is 4. The first-order valence-corrected chi connectivity index (χ1v) is 6.09. The quantitative estimate of drug-likeness (QED) is 0.668. The van der Waals surface area contributed by atoms with Gasteiger partial charge in [-0.05, 0) is 23.8 Å². The maximum absolute atomic E-state index is 10.9. The molecule has 6 nitrogen and oxygen atoms in total. The van der Waals surface area contributed by atoms with Crippen molar-refractivity contribution in [1.82, 2.24) is 4.90 Å². The third kappa shape index (κ3) is 3.50. The van der Waals surface area contributed by atoms with Crippen molar-refractivity contribution in [1.29, 1.82) is 0 Å². The molecular weight excluding hydrogens is 262 g/mol. The number of carbonyl (C=O) groups excluding carboxylic acids is 1. The highest BCUT2D eigenvalue weighted by Crippen LogP contribution is 2.19. The molecule has 0 saturated carbocycles. The third-order valence-corrected chi connectivity index (χ3v) is 2.91. The Morgan fingerprint density at radius 3 is 2.50 bits per heavy atom. The molecule has 106 valence electrons. The molecule has 0 aromatic heterocycles. The molecule has 1 fully saturated rings. The molecule has 0 spiro atoms. The molecule has 1 saturated heterocycles. The number of nitrogens with zero attached hydrogens (tertiary/aromatic N) is 1. The summed E-state index contributed by atoms with van der Waals surface area (Å²) in [6.07, 6.45) is 1.97. The lowest BCUT2D eigenvalue weighted by Gasteiger charge is -2.36. The molecule has 0 bridgehead atoms. The monoisotopic (exact) mass is 277 g/mol. The highest BCUT2D eigenvalue weighted by atomic mass is 16.5. The van der Waals surface area contributed by atoms with Crippen LogP contribution in [0.15, 0.2) is 30.3 Å². The largest absolute Gasteiger partial charge is 0.487 e. The Labute approximate surface area is 116 Å². The summed E-state index contributed by atoms with van der Waals surface area (Å²) in [4.78, 5) is 22.8. The zero-order chi connectivity index (χ0) is 14.5. The van der Waals surface area contributed by atoms with Crippen LogP contribution in [0.5, 0.6) is 5.75 Å². The van der Waals surface area contributed by atoms with Gasteiger partial charge in [-0.25, -0.2) is 9.59 Å². The molecule has 6 heteroatoms. The standard InChI is InChI=1S/C14H15NO5/c1-19-13(16)7-4-10-2-5-11(6-3-10)20-12-8-15(9-12)14(17)18/h2-7,12H,8-9H2,1H3,(H,17,18)/b7-4+. The average molecular weight is 277 g/mol. The number of amides is 1. The van der Waals surface area contributed by atoms with Crippen LogP contribution in [-0.4, -0.2) is 48.4 Å². The molecule has 2 rings (SSSR count). The molecule has 1 amide bonds. The third-order valence-electron chi connectivity index (χ3n) is 2.91. The van der Waals surface area contributed by atoms with Crippen LogP contribution in [0.4, 0.5) is 4.79 Å². The Bertz CT molecular complexity index is 517. The number of carbonyl (C=O) groups is 2. The maximum atomic E-state index is 10.9. The number of rotatable bonds is 4. The van der Waals surface area contributed by atoms with Crippen LogP contribution in [0.25, 0.3) is 6.08 Å². The highest BCUT2D eigenvalue weighted by Gasteiger charge is 2.31. The highest BCUT2D eigenvalue weighted by molar-refractivity contribution is 5.86. The number of hydrogen-bond donors (Lipinski definition) is 1. The van der Waals surface area contributed by atoms with E-state index >= 15 is 0 Å². The van der Waals surface area contributed by atoms with Crippen LogP contribution in [0.3, 0.4) is 0 Å². The maximum Gasteiger partial charge on any atom is 0.407 e. The van der Waals surface area contributed by atoms with Gasteiger partial charge in [0.1, 0.15) is 11.9 Å². The van der Waals surface area contributed by atoms with E-state index in [2.05, 4.69) is 4.74 Å². The van der Waals surface area contributed by atoms with E-state index in [0.717, 1.165) is 5.56 Å². The first-order valence-electron chi connectivity index (χ1n) is 6.09. The molecule has 1 aliphatic rings. The minimum Gasteiger partial charge on any atom is -0.487 e. The Morgan fingerprint density at radius 2 is 1.95 bits per heavy atom. The van der Waals surface area contributed by atoms with Gasteiger partial charge in [0.25, 0.3) is 0 Å². The second kappa shape index (κ2) is 6.10. The van der Waals surface area contributed by atoms with Crippen molar-refractivity contribution in [2.24, 2.45) is 0 Å². The fourth-order valence-corrected chi connectivity index (χ4v) is 1.75. The van der Waals surface area contributed by atoms with Crippen molar-refractivity contribution in [3.63, 3.8) is 0 Å². The van der Waals surface area contributed by atoms with Crippen molar-refractivity contribution in [2.75, 3.05) is 20.2 Å². The van der Waals surface area contributed by atoms with Crippen LogP contribution >= 0.6 is 0 Å². The number of benzene rings is 1. The molecule has 0 radical (unpaired) electrons. The summed E-state index contributed by atoms with van der Waals surface area (Å²) in [5.41, 5.74) is 0.850. The normalized spacial score (nSPS) is 14.9. The van der Waals surface area contributed by atoms with Crippen LogP contribution in [0, 0.1) is 0 Å². The zero-order valence-corrected chi connectivity index (χ0v) is 11.0. The van der Waals surface area contributed by atoms with Gasteiger partial charge in [-0.1, -0.05) is 12.1 Å². The Balaban J connectivity index is 1.85. The van der Waals surface area contributed by atoms with Crippen LogP contribution in [-0.2, 0) is 9.53 Å². The summed E-state index contributed by atoms with van der Waals surface area (Å²) in [6.45, 7) is 0.776. The first kappa shape index (κ1) is 13.9. The summed E-state index contributed by atoms with van der Waals surface area (Å²) in [6, 6.07) is 7.17. The number of likely N-dealkylation sites (tertiary alicyclic amines) is 1. The van der Waals surface area contributed by atoms with Gasteiger partial charge < -0.3 is 19.5 Å².